The third-order valence-electron chi connectivity index (χ3n) is 7.43. The van der Waals surface area contributed by atoms with Crippen LogP contribution in [-0.4, -0.2) is 27.6 Å². The minimum atomic E-state index is -0.464. The first-order valence-corrected chi connectivity index (χ1v) is 13.5. The molecule has 0 spiro atoms. The lowest BCUT2D eigenvalue weighted by Gasteiger charge is -2.31. The Bertz CT molecular complexity index is 1260. The predicted molar refractivity (Wildman–Crippen MR) is 137 cm³/mol. The summed E-state index contributed by atoms with van der Waals surface area (Å²) in [5.41, 5.74) is 1.35. The highest BCUT2D eigenvalue weighted by Gasteiger charge is 2.34. The normalized spacial score (nSPS) is 18.6. The summed E-state index contributed by atoms with van der Waals surface area (Å²) in [6.45, 7) is 3.19. The molecule has 6 nitrogen and oxygen atoms in total. The Labute approximate surface area is 210 Å². The third-order valence-corrected chi connectivity index (χ3v) is 8.43. The molecule has 2 aromatic carbocycles. The van der Waals surface area contributed by atoms with E-state index in [1.165, 1.54) is 30.4 Å². The van der Waals surface area contributed by atoms with Crippen LogP contribution in [0.3, 0.4) is 0 Å². The minimum absolute atomic E-state index is 0.0410. The first kappa shape index (κ1) is 23.9. The van der Waals surface area contributed by atoms with Gasteiger partial charge in [0.1, 0.15) is 5.82 Å². The molecular formula is C28H32N4O2S. The van der Waals surface area contributed by atoms with E-state index in [9.17, 15) is 10.1 Å². The van der Waals surface area contributed by atoms with Gasteiger partial charge in [0, 0.05) is 29.0 Å². The van der Waals surface area contributed by atoms with Gasteiger partial charge in [-0.15, -0.1) is 0 Å². The van der Waals surface area contributed by atoms with E-state index in [4.69, 9.17) is 4.74 Å². The van der Waals surface area contributed by atoms with Crippen molar-refractivity contribution >= 4 is 11.8 Å². The van der Waals surface area contributed by atoms with Gasteiger partial charge in [-0.25, -0.2) is 4.79 Å². The molecule has 0 unspecified atom stereocenters. The zero-order valence-electron chi connectivity index (χ0n) is 20.3. The average Bonchev–Trinajstić information content (AvgIpc) is 3.05. The fraction of sp³-hybridized carbons (Fsp3) is 0.464. The van der Waals surface area contributed by atoms with Crippen molar-refractivity contribution in [3.63, 3.8) is 0 Å². The Hall–Kier alpha value is -2.82. The molecule has 2 aliphatic rings. The Kier molecular flexibility index (Phi) is 7.12. The molecule has 0 N–H and O–H groups in total. The molecule has 1 saturated heterocycles. The number of benzene rings is 2. The molecule has 5 rings (SSSR count). The number of rotatable bonds is 5. The zero-order chi connectivity index (χ0) is 24.3. The van der Waals surface area contributed by atoms with Crippen LogP contribution in [0.25, 0.3) is 5.69 Å². The van der Waals surface area contributed by atoms with Gasteiger partial charge >= 0.3 is 5.69 Å². The monoisotopic (exact) mass is 488 g/mol. The summed E-state index contributed by atoms with van der Waals surface area (Å²) >= 11 is 1.66. The van der Waals surface area contributed by atoms with Crippen LogP contribution in [-0.2, 0) is 10.2 Å². The van der Waals surface area contributed by atoms with Crippen molar-refractivity contribution in [1.82, 2.24) is 14.3 Å². The molecule has 1 aromatic heterocycles. The van der Waals surface area contributed by atoms with Gasteiger partial charge in [0.25, 0.3) is 0 Å². The molecule has 1 aliphatic carbocycles. The van der Waals surface area contributed by atoms with Gasteiger partial charge in [0.05, 0.1) is 17.2 Å². The number of aryl methyl sites for hydroxylation is 1. The van der Waals surface area contributed by atoms with Crippen LogP contribution >= 0.6 is 11.8 Å². The molecule has 2 fully saturated rings. The van der Waals surface area contributed by atoms with Gasteiger partial charge in [-0.3, -0.25) is 4.57 Å². The molecule has 3 aromatic rings. The maximum absolute atomic E-state index is 13.2. The van der Waals surface area contributed by atoms with Crippen LogP contribution < -0.4 is 5.69 Å². The molecule has 0 bridgehead atoms. The highest BCUT2D eigenvalue weighted by molar-refractivity contribution is 7.99. The summed E-state index contributed by atoms with van der Waals surface area (Å²) in [5.74, 6) is 0.789. The van der Waals surface area contributed by atoms with Gasteiger partial charge in [0.2, 0.25) is 0 Å². The van der Waals surface area contributed by atoms with Crippen LogP contribution in [0.15, 0.2) is 63.1 Å². The van der Waals surface area contributed by atoms with E-state index in [0.717, 1.165) is 52.5 Å². The fourth-order valence-electron chi connectivity index (χ4n) is 5.41. The van der Waals surface area contributed by atoms with Gasteiger partial charge in [-0.2, -0.15) is 15.0 Å². The van der Waals surface area contributed by atoms with Crippen molar-refractivity contribution in [2.45, 2.75) is 79.5 Å². The van der Waals surface area contributed by atoms with E-state index in [1.807, 2.05) is 41.8 Å². The van der Waals surface area contributed by atoms with Gasteiger partial charge in [-0.05, 0) is 74.6 Å². The number of aromatic nitrogens is 3. The van der Waals surface area contributed by atoms with E-state index < -0.39 is 5.41 Å². The van der Waals surface area contributed by atoms with Crippen molar-refractivity contribution in [2.75, 3.05) is 13.2 Å². The molecule has 7 heteroatoms. The van der Waals surface area contributed by atoms with Gasteiger partial charge in [-0.1, -0.05) is 49.6 Å². The van der Waals surface area contributed by atoms with Crippen LogP contribution in [0.4, 0.5) is 0 Å². The summed E-state index contributed by atoms with van der Waals surface area (Å²) in [6, 6.07) is 19.1. The average molecular weight is 489 g/mol. The van der Waals surface area contributed by atoms with Crippen molar-refractivity contribution in [2.24, 2.45) is 0 Å². The van der Waals surface area contributed by atoms with Crippen LogP contribution in [0.5, 0.6) is 0 Å². The minimum Gasteiger partial charge on any atom is -0.381 e. The zero-order valence-corrected chi connectivity index (χ0v) is 21.1. The van der Waals surface area contributed by atoms with E-state index >= 15 is 0 Å². The molecule has 35 heavy (non-hydrogen) atoms. The van der Waals surface area contributed by atoms with Gasteiger partial charge < -0.3 is 4.74 Å². The van der Waals surface area contributed by atoms with E-state index in [1.54, 1.807) is 11.8 Å². The SMILES string of the molecule is Cc1nn(-c2ccc(Sc3cccc(C4(C#N)CCOCC4)c3)cc2)c(=O)n1C1CCCCCC1. The number of hydrogen-bond acceptors (Lipinski definition) is 5. The molecule has 2 heterocycles. The molecule has 1 saturated carbocycles. The van der Waals surface area contributed by atoms with E-state index in [0.29, 0.717) is 13.2 Å². The fourth-order valence-corrected chi connectivity index (χ4v) is 6.29. The Morgan fingerprint density at radius 3 is 2.43 bits per heavy atom. The Morgan fingerprint density at radius 2 is 1.74 bits per heavy atom. The van der Waals surface area contributed by atoms with Crippen LogP contribution in [0.2, 0.25) is 0 Å². The number of nitrogens with zero attached hydrogens (tertiary/aromatic N) is 4. The highest BCUT2D eigenvalue weighted by Crippen LogP contribution is 2.37. The maximum atomic E-state index is 13.2. The quantitative estimate of drug-likeness (QED) is 0.414. The second-order valence-electron chi connectivity index (χ2n) is 9.69. The lowest BCUT2D eigenvalue weighted by molar-refractivity contribution is 0.0675. The molecular weight excluding hydrogens is 456 g/mol. The second kappa shape index (κ2) is 10.4. The van der Waals surface area contributed by atoms with E-state index in [-0.39, 0.29) is 11.7 Å². The molecule has 0 amide bonds. The number of nitriles is 1. The topological polar surface area (TPSA) is 72.8 Å². The summed E-state index contributed by atoms with van der Waals surface area (Å²) in [4.78, 5) is 15.4. The summed E-state index contributed by atoms with van der Waals surface area (Å²) in [7, 11) is 0. The largest absolute Gasteiger partial charge is 0.381 e. The lowest BCUT2D eigenvalue weighted by atomic mass is 9.75. The summed E-state index contributed by atoms with van der Waals surface area (Å²) < 4.78 is 8.93. The van der Waals surface area contributed by atoms with Gasteiger partial charge in [0.15, 0.2) is 0 Å². The van der Waals surface area contributed by atoms with E-state index in [2.05, 4.69) is 29.4 Å². The molecule has 0 radical (unpaired) electrons. The third kappa shape index (κ3) is 4.96. The summed E-state index contributed by atoms with van der Waals surface area (Å²) in [6.07, 6.45) is 8.44. The van der Waals surface area contributed by atoms with Crippen molar-refractivity contribution in [3.05, 3.63) is 70.4 Å². The van der Waals surface area contributed by atoms with Crippen molar-refractivity contribution in [1.29, 1.82) is 5.26 Å². The molecule has 1 aliphatic heterocycles. The van der Waals surface area contributed by atoms with Crippen molar-refractivity contribution < 1.29 is 4.74 Å². The highest BCUT2D eigenvalue weighted by atomic mass is 32.2. The van der Waals surface area contributed by atoms with Crippen LogP contribution in [0, 0.1) is 18.3 Å². The second-order valence-corrected chi connectivity index (χ2v) is 10.8. The Balaban J connectivity index is 1.35. The predicted octanol–water partition coefficient (Wildman–Crippen LogP) is 5.96. The number of hydrogen-bond donors (Lipinski definition) is 0. The Morgan fingerprint density at radius 1 is 1.03 bits per heavy atom. The standard InChI is InChI=1S/C28H32N4O2S/c1-21-30-32(27(33)31(21)23-8-4-2-3-5-9-23)24-11-13-25(14-12-24)35-26-10-6-7-22(19-26)28(20-29)15-17-34-18-16-28/h6-7,10-14,19,23H,2-5,8-9,15-18H2,1H3. The number of ether oxygens (including phenoxy) is 1. The summed E-state index contributed by atoms with van der Waals surface area (Å²) in [5, 5.41) is 14.5. The first-order chi connectivity index (χ1) is 17.1. The smallest absolute Gasteiger partial charge is 0.350 e. The lowest BCUT2D eigenvalue weighted by Crippen LogP contribution is -2.32. The van der Waals surface area contributed by atoms with Crippen LogP contribution in [0.1, 0.15) is 68.8 Å². The molecule has 182 valence electrons. The molecule has 0 atom stereocenters. The first-order valence-electron chi connectivity index (χ1n) is 12.7. The maximum Gasteiger partial charge on any atom is 0.350 e. The van der Waals surface area contributed by atoms with Crippen molar-refractivity contribution in [3.8, 4) is 11.8 Å².